The molecule has 4 heterocycles. The van der Waals surface area contributed by atoms with Crippen LogP contribution in [0.15, 0.2) is 47.5 Å². The fourth-order valence-corrected chi connectivity index (χ4v) is 3.19. The summed E-state index contributed by atoms with van der Waals surface area (Å²) in [6.45, 7) is 0.650. The molecule has 1 unspecified atom stereocenters. The molecule has 0 spiro atoms. The highest BCUT2D eigenvalue weighted by Crippen LogP contribution is 2.32. The highest BCUT2D eigenvalue weighted by molar-refractivity contribution is 5.92. The number of rotatable bonds is 5. The number of pyridine rings is 1. The van der Waals surface area contributed by atoms with Crippen LogP contribution >= 0.6 is 0 Å². The minimum atomic E-state index is -0.220. The highest BCUT2D eigenvalue weighted by Gasteiger charge is 2.33. The van der Waals surface area contributed by atoms with E-state index in [0.29, 0.717) is 24.2 Å². The summed E-state index contributed by atoms with van der Waals surface area (Å²) >= 11 is 0. The predicted molar refractivity (Wildman–Crippen MR) is 107 cm³/mol. The first-order valence-corrected chi connectivity index (χ1v) is 9.34. The Morgan fingerprint density at radius 3 is 2.72 bits per heavy atom. The summed E-state index contributed by atoms with van der Waals surface area (Å²) in [5.41, 5.74) is 1.59. The molecule has 0 saturated carbocycles. The molecule has 0 aliphatic carbocycles. The van der Waals surface area contributed by atoms with Gasteiger partial charge in [-0.3, -0.25) is 9.78 Å². The number of nitrogens with zero attached hydrogens (tertiary/aromatic N) is 7. The van der Waals surface area contributed by atoms with Crippen molar-refractivity contribution in [3.8, 4) is 11.4 Å². The first-order chi connectivity index (χ1) is 14.1. The van der Waals surface area contributed by atoms with Gasteiger partial charge in [-0.15, -0.1) is 0 Å². The van der Waals surface area contributed by atoms with Gasteiger partial charge in [-0.1, -0.05) is 5.16 Å². The highest BCUT2D eigenvalue weighted by atomic mass is 16.5. The van der Waals surface area contributed by atoms with E-state index in [1.54, 1.807) is 35.8 Å². The van der Waals surface area contributed by atoms with Crippen molar-refractivity contribution in [3.05, 3.63) is 54.5 Å². The van der Waals surface area contributed by atoms with E-state index in [2.05, 4.69) is 25.1 Å². The number of likely N-dealkylation sites (tertiary alicyclic amines) is 1. The summed E-state index contributed by atoms with van der Waals surface area (Å²) in [7, 11) is 3.75. The van der Waals surface area contributed by atoms with Crippen molar-refractivity contribution in [2.45, 2.75) is 18.9 Å². The summed E-state index contributed by atoms with van der Waals surface area (Å²) in [4.78, 5) is 33.3. The van der Waals surface area contributed by atoms with E-state index in [-0.39, 0.29) is 11.9 Å². The molecule has 0 bridgehead atoms. The molecule has 1 saturated heterocycles. The molecule has 9 heteroatoms. The standard InChI is InChI=1S/C20H21N7O2/c1-26(2)20-22-12-14(13-23-20)5-6-17(28)27-11-3-4-16(27)19-24-18(25-29-19)15-7-9-21-10-8-15/h5-10,12-13,16H,3-4,11H2,1-2H3. The van der Waals surface area contributed by atoms with E-state index in [9.17, 15) is 4.79 Å². The first-order valence-electron chi connectivity index (χ1n) is 9.34. The van der Waals surface area contributed by atoms with Crippen LogP contribution in [0.3, 0.4) is 0 Å². The van der Waals surface area contributed by atoms with Crippen molar-refractivity contribution < 1.29 is 9.32 Å². The van der Waals surface area contributed by atoms with Gasteiger partial charge in [0.05, 0.1) is 0 Å². The van der Waals surface area contributed by atoms with E-state index in [0.717, 1.165) is 24.0 Å². The van der Waals surface area contributed by atoms with Crippen molar-refractivity contribution in [3.63, 3.8) is 0 Å². The molecular formula is C20H21N7O2. The van der Waals surface area contributed by atoms with Gasteiger partial charge in [-0.05, 0) is 31.1 Å². The van der Waals surface area contributed by atoms with Crippen LogP contribution in [0.5, 0.6) is 0 Å². The lowest BCUT2D eigenvalue weighted by Crippen LogP contribution is -2.29. The minimum absolute atomic E-state index is 0.104. The van der Waals surface area contributed by atoms with Crippen LogP contribution in [0.4, 0.5) is 5.95 Å². The predicted octanol–water partition coefficient (Wildman–Crippen LogP) is 2.36. The van der Waals surface area contributed by atoms with Crippen molar-refractivity contribution in [2.24, 2.45) is 0 Å². The Morgan fingerprint density at radius 1 is 1.24 bits per heavy atom. The van der Waals surface area contributed by atoms with E-state index >= 15 is 0 Å². The van der Waals surface area contributed by atoms with Crippen LogP contribution in [0.2, 0.25) is 0 Å². The van der Waals surface area contributed by atoms with Crippen molar-refractivity contribution in [1.29, 1.82) is 0 Å². The fourth-order valence-electron chi connectivity index (χ4n) is 3.19. The topological polar surface area (TPSA) is 101 Å². The molecule has 3 aromatic heterocycles. The lowest BCUT2D eigenvalue weighted by atomic mass is 10.2. The van der Waals surface area contributed by atoms with Crippen LogP contribution in [0.25, 0.3) is 17.5 Å². The maximum atomic E-state index is 12.7. The second kappa shape index (κ2) is 8.17. The molecule has 0 N–H and O–H groups in total. The monoisotopic (exact) mass is 391 g/mol. The van der Waals surface area contributed by atoms with Crippen molar-refractivity contribution in [1.82, 2.24) is 30.0 Å². The molecule has 1 aliphatic rings. The Balaban J connectivity index is 1.46. The number of carbonyl (C=O) groups excluding carboxylic acids is 1. The maximum absolute atomic E-state index is 12.7. The Kier molecular flexibility index (Phi) is 5.28. The molecule has 0 aromatic carbocycles. The van der Waals surface area contributed by atoms with Gasteiger partial charge in [0.15, 0.2) is 0 Å². The van der Waals surface area contributed by atoms with E-state index in [1.807, 2.05) is 31.1 Å². The maximum Gasteiger partial charge on any atom is 0.249 e. The van der Waals surface area contributed by atoms with Gasteiger partial charge >= 0.3 is 0 Å². The molecule has 148 valence electrons. The molecule has 1 aliphatic heterocycles. The van der Waals surface area contributed by atoms with E-state index < -0.39 is 0 Å². The molecule has 1 fully saturated rings. The molecule has 3 aromatic rings. The van der Waals surface area contributed by atoms with Gasteiger partial charge in [-0.2, -0.15) is 4.98 Å². The minimum Gasteiger partial charge on any atom is -0.347 e. The normalized spacial score (nSPS) is 16.5. The largest absolute Gasteiger partial charge is 0.347 e. The molecule has 1 amide bonds. The Hall–Kier alpha value is -3.62. The van der Waals surface area contributed by atoms with Crippen molar-refractivity contribution >= 4 is 17.9 Å². The lowest BCUT2D eigenvalue weighted by molar-refractivity contribution is -0.127. The molecule has 1 atom stereocenters. The smallest absolute Gasteiger partial charge is 0.249 e. The SMILES string of the molecule is CN(C)c1ncc(C=CC(=O)N2CCCC2c2nc(-c3ccncc3)no2)cn1. The molecule has 4 rings (SSSR count). The van der Waals surface area contributed by atoms with Crippen LogP contribution < -0.4 is 4.90 Å². The molecular weight excluding hydrogens is 370 g/mol. The molecule has 0 radical (unpaired) electrons. The zero-order chi connectivity index (χ0) is 20.2. The number of amides is 1. The van der Waals surface area contributed by atoms with Gasteiger partial charge in [0.25, 0.3) is 0 Å². The van der Waals surface area contributed by atoms with Gasteiger partial charge in [0, 0.05) is 62.6 Å². The first kappa shape index (κ1) is 18.7. The second-order valence-electron chi connectivity index (χ2n) is 6.93. The zero-order valence-electron chi connectivity index (χ0n) is 16.3. The number of hydrogen-bond acceptors (Lipinski definition) is 8. The summed E-state index contributed by atoms with van der Waals surface area (Å²) < 4.78 is 5.46. The third-order valence-corrected chi connectivity index (χ3v) is 4.68. The third-order valence-electron chi connectivity index (χ3n) is 4.68. The Morgan fingerprint density at radius 2 is 2.00 bits per heavy atom. The zero-order valence-corrected chi connectivity index (χ0v) is 16.3. The number of anilines is 1. The van der Waals surface area contributed by atoms with Crippen LogP contribution in [0, 0.1) is 0 Å². The van der Waals surface area contributed by atoms with Crippen LogP contribution in [-0.2, 0) is 4.79 Å². The Labute approximate surface area is 168 Å². The lowest BCUT2D eigenvalue weighted by Gasteiger charge is -2.20. The van der Waals surface area contributed by atoms with Gasteiger partial charge in [0.1, 0.15) is 6.04 Å². The van der Waals surface area contributed by atoms with E-state index in [1.165, 1.54) is 6.08 Å². The van der Waals surface area contributed by atoms with Crippen molar-refractivity contribution in [2.75, 3.05) is 25.5 Å². The second-order valence-corrected chi connectivity index (χ2v) is 6.93. The molecule has 9 nitrogen and oxygen atoms in total. The van der Waals surface area contributed by atoms with Gasteiger partial charge in [0.2, 0.25) is 23.6 Å². The number of carbonyl (C=O) groups is 1. The quantitative estimate of drug-likeness (QED) is 0.611. The fraction of sp³-hybridized carbons (Fsp3) is 0.300. The van der Waals surface area contributed by atoms with Gasteiger partial charge in [-0.25, -0.2) is 9.97 Å². The van der Waals surface area contributed by atoms with E-state index in [4.69, 9.17) is 4.52 Å². The average molecular weight is 391 g/mol. The number of hydrogen-bond donors (Lipinski definition) is 0. The summed E-state index contributed by atoms with van der Waals surface area (Å²) in [5.74, 6) is 1.47. The Bertz CT molecular complexity index is 999. The molecule has 29 heavy (non-hydrogen) atoms. The third kappa shape index (κ3) is 4.13. The summed E-state index contributed by atoms with van der Waals surface area (Å²) in [5, 5.41) is 4.05. The van der Waals surface area contributed by atoms with Crippen LogP contribution in [0.1, 0.15) is 30.3 Å². The van der Waals surface area contributed by atoms with Crippen LogP contribution in [-0.4, -0.2) is 56.5 Å². The summed E-state index contributed by atoms with van der Waals surface area (Å²) in [6.07, 6.45) is 11.7. The average Bonchev–Trinajstić information content (AvgIpc) is 3.42. The number of aromatic nitrogens is 5. The van der Waals surface area contributed by atoms with Gasteiger partial charge < -0.3 is 14.3 Å². The summed E-state index contributed by atoms with van der Waals surface area (Å²) in [6, 6.07) is 3.42.